The van der Waals surface area contributed by atoms with Crippen LogP contribution >= 0.6 is 0 Å². The van der Waals surface area contributed by atoms with E-state index in [0.29, 0.717) is 11.2 Å². The minimum absolute atomic E-state index is 0.0961. The number of nitrogens with one attached hydrogen (secondary N) is 1. The van der Waals surface area contributed by atoms with Gasteiger partial charge >= 0.3 is 0 Å². The highest BCUT2D eigenvalue weighted by Gasteiger charge is 2.05. The van der Waals surface area contributed by atoms with E-state index in [1.165, 1.54) is 15.1 Å². The van der Waals surface area contributed by atoms with Gasteiger partial charge in [0.25, 0.3) is 5.56 Å². The number of nitrogens with zero attached hydrogens (tertiary/aromatic N) is 3. The van der Waals surface area contributed by atoms with E-state index in [0.717, 1.165) is 5.56 Å². The van der Waals surface area contributed by atoms with Gasteiger partial charge in [-0.1, -0.05) is 0 Å². The van der Waals surface area contributed by atoms with Gasteiger partial charge in [0.1, 0.15) is 5.52 Å². The van der Waals surface area contributed by atoms with Crippen molar-refractivity contribution in [3.05, 3.63) is 57.5 Å². The van der Waals surface area contributed by atoms with Gasteiger partial charge in [-0.2, -0.15) is 5.10 Å². The molecule has 3 heterocycles. The second kappa shape index (κ2) is 3.69. The molecule has 0 saturated carbocycles. The lowest BCUT2D eigenvalue weighted by Crippen LogP contribution is -2.15. The highest BCUT2D eigenvalue weighted by Crippen LogP contribution is 2.13. The molecule has 0 aliphatic carbocycles. The minimum Gasteiger partial charge on any atom is -0.319 e. The van der Waals surface area contributed by atoms with Crippen molar-refractivity contribution in [3.8, 4) is 11.3 Å². The predicted octanol–water partition coefficient (Wildman–Crippen LogP) is 0.388. The maximum absolute atomic E-state index is 11.8. The first-order valence-corrected chi connectivity index (χ1v) is 5.39. The maximum Gasteiger partial charge on any atom is 0.274 e. The lowest BCUT2D eigenvalue weighted by atomic mass is 10.2. The summed E-state index contributed by atoms with van der Waals surface area (Å²) in [5, 5.41) is 4.03. The molecule has 6 heteroatoms. The molecule has 0 bridgehead atoms. The van der Waals surface area contributed by atoms with Crippen molar-refractivity contribution in [2.45, 2.75) is 0 Å². The van der Waals surface area contributed by atoms with Gasteiger partial charge in [0, 0.05) is 24.9 Å². The Labute approximate surface area is 101 Å². The van der Waals surface area contributed by atoms with Gasteiger partial charge in [-0.25, -0.2) is 4.52 Å². The number of aromatic amines is 1. The Morgan fingerprint density at radius 3 is 2.78 bits per heavy atom. The number of hydrogen-bond acceptors (Lipinski definition) is 3. The molecule has 0 aromatic carbocycles. The molecule has 90 valence electrons. The molecule has 3 aromatic heterocycles. The van der Waals surface area contributed by atoms with E-state index in [4.69, 9.17) is 0 Å². The van der Waals surface area contributed by atoms with Crippen molar-refractivity contribution in [2.75, 3.05) is 0 Å². The van der Waals surface area contributed by atoms with Crippen LogP contribution in [0.3, 0.4) is 0 Å². The largest absolute Gasteiger partial charge is 0.319 e. The monoisotopic (exact) mass is 242 g/mol. The average molecular weight is 242 g/mol. The zero-order valence-electron chi connectivity index (χ0n) is 9.62. The molecule has 6 nitrogen and oxygen atoms in total. The van der Waals surface area contributed by atoms with Gasteiger partial charge in [-0.15, -0.1) is 0 Å². The lowest BCUT2D eigenvalue weighted by Gasteiger charge is -2.04. The number of pyridine rings is 1. The Morgan fingerprint density at radius 1 is 1.17 bits per heavy atom. The molecule has 3 aromatic rings. The quantitative estimate of drug-likeness (QED) is 0.671. The van der Waals surface area contributed by atoms with Crippen LogP contribution in [0.1, 0.15) is 0 Å². The zero-order chi connectivity index (χ0) is 12.7. The Kier molecular flexibility index (Phi) is 2.16. The van der Waals surface area contributed by atoms with Crippen LogP contribution in [0.15, 0.2) is 46.4 Å². The van der Waals surface area contributed by atoms with E-state index in [1.807, 2.05) is 0 Å². The van der Waals surface area contributed by atoms with E-state index >= 15 is 0 Å². The van der Waals surface area contributed by atoms with Crippen molar-refractivity contribution in [1.82, 2.24) is 19.2 Å². The third kappa shape index (κ3) is 1.55. The number of aromatic nitrogens is 4. The Bertz CT molecular complexity index is 841. The number of aryl methyl sites for hydroxylation is 1. The van der Waals surface area contributed by atoms with E-state index in [9.17, 15) is 9.59 Å². The van der Waals surface area contributed by atoms with E-state index in [1.54, 1.807) is 37.8 Å². The maximum atomic E-state index is 11.8. The summed E-state index contributed by atoms with van der Waals surface area (Å²) < 4.78 is 2.97. The second-order valence-corrected chi connectivity index (χ2v) is 4.02. The molecule has 0 amide bonds. The molecule has 0 aliphatic heterocycles. The molecular formula is C12H10N4O2. The molecule has 1 N–H and O–H groups in total. The van der Waals surface area contributed by atoms with Crippen LogP contribution in [-0.2, 0) is 7.05 Å². The third-order valence-corrected chi connectivity index (χ3v) is 2.80. The molecule has 0 unspecified atom stereocenters. The summed E-state index contributed by atoms with van der Waals surface area (Å²) in [7, 11) is 1.66. The Hall–Kier alpha value is -2.63. The summed E-state index contributed by atoms with van der Waals surface area (Å²) >= 11 is 0. The van der Waals surface area contributed by atoms with Gasteiger partial charge in [0.2, 0.25) is 5.56 Å². The first-order valence-electron chi connectivity index (χ1n) is 5.39. The van der Waals surface area contributed by atoms with Crippen molar-refractivity contribution in [2.24, 2.45) is 7.05 Å². The van der Waals surface area contributed by atoms with Gasteiger partial charge < -0.3 is 9.55 Å². The van der Waals surface area contributed by atoms with E-state index in [2.05, 4.69) is 10.1 Å². The van der Waals surface area contributed by atoms with Gasteiger partial charge in [0.15, 0.2) is 0 Å². The normalized spacial score (nSPS) is 10.9. The van der Waals surface area contributed by atoms with Gasteiger partial charge in [-0.3, -0.25) is 9.59 Å². The summed E-state index contributed by atoms with van der Waals surface area (Å²) in [6, 6.07) is 4.77. The molecule has 0 radical (unpaired) electrons. The fourth-order valence-corrected chi connectivity index (χ4v) is 1.84. The number of H-pyrrole nitrogens is 1. The average Bonchev–Trinajstić information content (AvgIpc) is 2.81. The first kappa shape index (κ1) is 10.5. The first-order chi connectivity index (χ1) is 8.65. The summed E-state index contributed by atoms with van der Waals surface area (Å²) in [6.07, 6.45) is 4.95. The van der Waals surface area contributed by atoms with Crippen LogP contribution in [0, 0.1) is 0 Å². The van der Waals surface area contributed by atoms with Gasteiger partial charge in [-0.05, 0) is 12.1 Å². The van der Waals surface area contributed by atoms with Gasteiger partial charge in [0.05, 0.1) is 18.1 Å². The fraction of sp³-hybridized carbons (Fsp3) is 0.0833. The summed E-state index contributed by atoms with van der Waals surface area (Å²) in [4.78, 5) is 25.9. The summed E-state index contributed by atoms with van der Waals surface area (Å²) in [6.45, 7) is 0. The second-order valence-electron chi connectivity index (χ2n) is 4.02. The van der Waals surface area contributed by atoms with Crippen molar-refractivity contribution in [1.29, 1.82) is 0 Å². The Morgan fingerprint density at radius 2 is 2.00 bits per heavy atom. The molecule has 0 spiro atoms. The minimum atomic E-state index is -0.209. The molecule has 18 heavy (non-hydrogen) atoms. The molecule has 0 saturated heterocycles. The molecule has 0 fully saturated rings. The van der Waals surface area contributed by atoms with E-state index < -0.39 is 0 Å². The van der Waals surface area contributed by atoms with Crippen LogP contribution in [0.2, 0.25) is 0 Å². The summed E-state index contributed by atoms with van der Waals surface area (Å²) in [5.74, 6) is 0. The molecule has 0 aliphatic rings. The molecule has 3 rings (SSSR count). The predicted molar refractivity (Wildman–Crippen MR) is 66.5 cm³/mol. The van der Waals surface area contributed by atoms with Crippen LogP contribution in [-0.4, -0.2) is 19.2 Å². The Balaban J connectivity index is 2.27. The lowest BCUT2D eigenvalue weighted by molar-refractivity contribution is 0.859. The number of fused-ring (bicyclic) bond motifs is 1. The summed E-state index contributed by atoms with van der Waals surface area (Å²) in [5.41, 5.74) is 1.56. The topological polar surface area (TPSA) is 72.2 Å². The van der Waals surface area contributed by atoms with E-state index in [-0.39, 0.29) is 11.1 Å². The number of rotatable bonds is 1. The highest BCUT2D eigenvalue weighted by atomic mass is 16.1. The zero-order valence-corrected chi connectivity index (χ0v) is 9.62. The number of hydrogen-bond donors (Lipinski definition) is 1. The molecular weight excluding hydrogens is 232 g/mol. The van der Waals surface area contributed by atoms with Crippen LogP contribution in [0.5, 0.6) is 0 Å². The third-order valence-electron chi connectivity index (χ3n) is 2.80. The van der Waals surface area contributed by atoms with Crippen molar-refractivity contribution < 1.29 is 0 Å². The van der Waals surface area contributed by atoms with Crippen molar-refractivity contribution >= 4 is 5.52 Å². The fourth-order valence-electron chi connectivity index (χ4n) is 1.84. The van der Waals surface area contributed by atoms with Crippen molar-refractivity contribution in [3.63, 3.8) is 0 Å². The smallest absolute Gasteiger partial charge is 0.274 e. The van der Waals surface area contributed by atoms with Crippen LogP contribution < -0.4 is 11.1 Å². The van der Waals surface area contributed by atoms with Crippen LogP contribution in [0.4, 0.5) is 0 Å². The highest BCUT2D eigenvalue weighted by molar-refractivity contribution is 5.59. The standard InChI is InChI=1S/C12H10N4O2/c1-15-6-8(2-3-11(15)17)9-7-16-10(4-5-13-16)12(18)14-9/h2-7H,1H3,(H,14,18). The van der Waals surface area contributed by atoms with Crippen LogP contribution in [0.25, 0.3) is 16.8 Å². The SMILES string of the molecule is Cn1cc(-c2cn3nccc3c(=O)[nH]2)ccc1=O. The molecule has 0 atom stereocenters.